The summed E-state index contributed by atoms with van der Waals surface area (Å²) in [6.07, 6.45) is 0. The minimum Gasteiger partial charge on any atom is -0.422 e. The number of thiophene rings is 1. The molecule has 0 aliphatic carbocycles. The van der Waals surface area contributed by atoms with Gasteiger partial charge in [-0.15, -0.1) is 11.3 Å². The first-order valence-corrected chi connectivity index (χ1v) is 11.2. The molecule has 2 aromatic carbocycles. The number of thiazole rings is 1. The van der Waals surface area contributed by atoms with Crippen molar-refractivity contribution in [2.24, 2.45) is 0 Å². The van der Waals surface area contributed by atoms with Crippen molar-refractivity contribution < 1.29 is 4.42 Å². The van der Waals surface area contributed by atoms with Crippen molar-refractivity contribution >= 4 is 44.5 Å². The van der Waals surface area contributed by atoms with E-state index < -0.39 is 0 Å². The van der Waals surface area contributed by atoms with Crippen molar-refractivity contribution in [3.63, 3.8) is 0 Å². The van der Waals surface area contributed by atoms with Crippen LogP contribution in [0.15, 0.2) is 75.9 Å². The minimum atomic E-state index is -0.352. The SMILES string of the molecule is Cc1cc(-c2nc(Nc3ccccc3)sc2-c2cc3ccccc3oc2=O)c(C)s1. The number of para-hydroxylation sites is 2. The third kappa shape index (κ3) is 3.44. The van der Waals surface area contributed by atoms with Crippen LogP contribution in [0.1, 0.15) is 9.75 Å². The highest BCUT2D eigenvalue weighted by atomic mass is 32.1. The van der Waals surface area contributed by atoms with Gasteiger partial charge in [0.1, 0.15) is 5.58 Å². The van der Waals surface area contributed by atoms with Crippen LogP contribution in [0.2, 0.25) is 0 Å². The molecule has 0 unspecified atom stereocenters. The molecule has 0 aliphatic rings. The van der Waals surface area contributed by atoms with E-state index in [1.807, 2.05) is 60.7 Å². The molecule has 0 bridgehead atoms. The van der Waals surface area contributed by atoms with Gasteiger partial charge in [-0.25, -0.2) is 9.78 Å². The lowest BCUT2D eigenvalue weighted by molar-refractivity contribution is 0.564. The summed E-state index contributed by atoms with van der Waals surface area (Å²) in [7, 11) is 0. The summed E-state index contributed by atoms with van der Waals surface area (Å²) in [5.74, 6) is 0. The topological polar surface area (TPSA) is 55.1 Å². The number of hydrogen-bond acceptors (Lipinski definition) is 6. The standard InChI is InChI=1S/C24H18N2O2S2/c1-14-12-18(15(2)29-14)21-22(30-24(26-21)25-17-9-4-3-5-10-17)19-13-16-8-6-7-11-20(16)28-23(19)27/h3-13H,1-2H3,(H,25,26). The highest BCUT2D eigenvalue weighted by Crippen LogP contribution is 2.42. The van der Waals surface area contributed by atoms with Gasteiger partial charge in [0.2, 0.25) is 0 Å². The van der Waals surface area contributed by atoms with Crippen molar-refractivity contribution in [2.45, 2.75) is 13.8 Å². The van der Waals surface area contributed by atoms with Gasteiger partial charge in [-0.3, -0.25) is 0 Å². The molecule has 6 heteroatoms. The minimum absolute atomic E-state index is 0.352. The van der Waals surface area contributed by atoms with E-state index in [0.717, 1.165) is 32.3 Å². The molecule has 0 aliphatic heterocycles. The molecule has 1 N–H and O–H groups in total. The largest absolute Gasteiger partial charge is 0.422 e. The first kappa shape index (κ1) is 18.8. The predicted molar refractivity (Wildman–Crippen MR) is 126 cm³/mol. The quantitative estimate of drug-likeness (QED) is 0.312. The third-order valence-corrected chi connectivity index (χ3v) is 6.80. The Hall–Kier alpha value is -3.22. The lowest BCUT2D eigenvalue weighted by atomic mass is 10.1. The molecule has 0 radical (unpaired) electrons. The van der Waals surface area contributed by atoms with E-state index in [-0.39, 0.29) is 5.63 Å². The van der Waals surface area contributed by atoms with E-state index >= 15 is 0 Å². The van der Waals surface area contributed by atoms with Gasteiger partial charge in [0, 0.05) is 26.4 Å². The lowest BCUT2D eigenvalue weighted by Gasteiger charge is -2.03. The number of nitrogens with zero attached hydrogens (tertiary/aromatic N) is 1. The number of nitrogens with one attached hydrogen (secondary N) is 1. The summed E-state index contributed by atoms with van der Waals surface area (Å²) in [5.41, 5.74) is 3.58. The zero-order chi connectivity index (χ0) is 20.7. The van der Waals surface area contributed by atoms with Crippen LogP contribution < -0.4 is 10.9 Å². The van der Waals surface area contributed by atoms with Crippen LogP contribution in [0.4, 0.5) is 10.8 Å². The van der Waals surface area contributed by atoms with Crippen LogP contribution >= 0.6 is 22.7 Å². The summed E-state index contributed by atoms with van der Waals surface area (Å²) < 4.78 is 5.61. The molecule has 0 amide bonds. The molecule has 0 spiro atoms. The Bertz CT molecular complexity index is 1410. The van der Waals surface area contributed by atoms with E-state index in [0.29, 0.717) is 11.1 Å². The highest BCUT2D eigenvalue weighted by Gasteiger charge is 2.21. The number of aryl methyl sites for hydroxylation is 2. The Morgan fingerprint density at radius 2 is 1.67 bits per heavy atom. The van der Waals surface area contributed by atoms with Crippen LogP contribution in [-0.4, -0.2) is 4.98 Å². The van der Waals surface area contributed by atoms with E-state index in [2.05, 4.69) is 25.2 Å². The van der Waals surface area contributed by atoms with Gasteiger partial charge in [-0.05, 0) is 44.2 Å². The first-order chi connectivity index (χ1) is 14.6. The second-order valence-electron chi connectivity index (χ2n) is 7.00. The molecule has 3 heterocycles. The molecule has 0 fully saturated rings. The van der Waals surface area contributed by atoms with Crippen molar-refractivity contribution in [3.05, 3.63) is 86.9 Å². The number of anilines is 2. The van der Waals surface area contributed by atoms with Gasteiger partial charge in [-0.1, -0.05) is 47.7 Å². The summed E-state index contributed by atoms with van der Waals surface area (Å²) in [4.78, 5) is 21.0. The molecular weight excluding hydrogens is 412 g/mol. The van der Waals surface area contributed by atoms with Crippen molar-refractivity contribution in [1.29, 1.82) is 0 Å². The van der Waals surface area contributed by atoms with Gasteiger partial charge >= 0.3 is 5.63 Å². The average molecular weight is 431 g/mol. The van der Waals surface area contributed by atoms with E-state index in [4.69, 9.17) is 9.40 Å². The Balaban J connectivity index is 1.71. The molecule has 0 saturated carbocycles. The lowest BCUT2D eigenvalue weighted by Crippen LogP contribution is -2.02. The smallest absolute Gasteiger partial charge is 0.345 e. The maximum absolute atomic E-state index is 12.9. The van der Waals surface area contributed by atoms with Crippen LogP contribution in [0, 0.1) is 13.8 Å². The van der Waals surface area contributed by atoms with Crippen LogP contribution in [0.3, 0.4) is 0 Å². The van der Waals surface area contributed by atoms with Gasteiger partial charge in [-0.2, -0.15) is 0 Å². The molecular formula is C24H18N2O2S2. The number of rotatable bonds is 4. The average Bonchev–Trinajstić information content (AvgIpc) is 3.30. The zero-order valence-corrected chi connectivity index (χ0v) is 18.1. The number of aromatic nitrogens is 1. The Kier molecular flexibility index (Phi) is 4.73. The van der Waals surface area contributed by atoms with Gasteiger partial charge < -0.3 is 9.73 Å². The predicted octanol–water partition coefficient (Wildman–Crippen LogP) is 7.01. The number of fused-ring (bicyclic) bond motifs is 1. The number of hydrogen-bond donors (Lipinski definition) is 1. The van der Waals surface area contributed by atoms with Crippen LogP contribution in [0.5, 0.6) is 0 Å². The Labute approximate surface area is 181 Å². The fourth-order valence-electron chi connectivity index (χ4n) is 3.47. The summed E-state index contributed by atoms with van der Waals surface area (Å²) >= 11 is 3.20. The monoisotopic (exact) mass is 430 g/mol. The maximum atomic E-state index is 12.9. The molecule has 148 valence electrons. The van der Waals surface area contributed by atoms with Gasteiger partial charge in [0.25, 0.3) is 0 Å². The normalized spacial score (nSPS) is 11.1. The van der Waals surface area contributed by atoms with E-state index in [1.165, 1.54) is 21.1 Å². The first-order valence-electron chi connectivity index (χ1n) is 9.52. The molecule has 0 saturated heterocycles. The summed E-state index contributed by atoms with van der Waals surface area (Å²) in [5, 5.41) is 4.99. The van der Waals surface area contributed by atoms with E-state index in [9.17, 15) is 4.79 Å². The highest BCUT2D eigenvalue weighted by molar-refractivity contribution is 7.19. The van der Waals surface area contributed by atoms with Crippen LogP contribution in [0.25, 0.3) is 32.7 Å². The molecule has 3 aromatic heterocycles. The second kappa shape index (κ2) is 7.55. The fourth-order valence-corrected chi connectivity index (χ4v) is 5.40. The number of benzene rings is 2. The summed E-state index contributed by atoms with van der Waals surface area (Å²) in [6, 6.07) is 21.5. The van der Waals surface area contributed by atoms with Crippen molar-refractivity contribution in [3.8, 4) is 21.7 Å². The molecule has 5 aromatic rings. The third-order valence-electron chi connectivity index (χ3n) is 4.83. The van der Waals surface area contributed by atoms with Gasteiger partial charge in [0.15, 0.2) is 5.13 Å². The Morgan fingerprint density at radius 3 is 2.43 bits per heavy atom. The fraction of sp³-hybridized carbons (Fsp3) is 0.0833. The molecule has 4 nitrogen and oxygen atoms in total. The zero-order valence-electron chi connectivity index (χ0n) is 16.4. The van der Waals surface area contributed by atoms with Crippen LogP contribution in [-0.2, 0) is 0 Å². The summed E-state index contributed by atoms with van der Waals surface area (Å²) in [6.45, 7) is 4.17. The molecule has 30 heavy (non-hydrogen) atoms. The molecule has 5 rings (SSSR count). The van der Waals surface area contributed by atoms with Crippen molar-refractivity contribution in [2.75, 3.05) is 5.32 Å². The van der Waals surface area contributed by atoms with Gasteiger partial charge in [0.05, 0.1) is 16.1 Å². The maximum Gasteiger partial charge on any atom is 0.345 e. The van der Waals surface area contributed by atoms with Crippen molar-refractivity contribution in [1.82, 2.24) is 4.98 Å². The second-order valence-corrected chi connectivity index (χ2v) is 9.46. The molecule has 0 atom stereocenters. The Morgan fingerprint density at radius 1 is 0.900 bits per heavy atom. The van der Waals surface area contributed by atoms with E-state index in [1.54, 1.807) is 11.3 Å².